The summed E-state index contributed by atoms with van der Waals surface area (Å²) in [6.07, 6.45) is 0. The second-order valence-electron chi connectivity index (χ2n) is 5.51. The fraction of sp³-hybridized carbons (Fsp3) is 0.150. The fourth-order valence-corrected chi connectivity index (χ4v) is 2.88. The molecule has 3 aromatic rings. The Morgan fingerprint density at radius 3 is 2.29 bits per heavy atom. The van der Waals surface area contributed by atoms with Crippen molar-refractivity contribution in [2.24, 2.45) is 0 Å². The smallest absolute Gasteiger partial charge is 0.124 e. The van der Waals surface area contributed by atoms with Gasteiger partial charge in [0.1, 0.15) is 21.8 Å². The van der Waals surface area contributed by atoms with Crippen LogP contribution in [0.5, 0.6) is 11.5 Å². The van der Waals surface area contributed by atoms with Gasteiger partial charge in [-0.15, -0.1) is 0 Å². The molecule has 0 bridgehead atoms. The molecule has 1 heterocycles. The molecule has 0 fully saturated rings. The van der Waals surface area contributed by atoms with Crippen LogP contribution < -0.4 is 9.47 Å². The van der Waals surface area contributed by atoms with Crippen molar-refractivity contribution in [3.8, 4) is 22.8 Å². The maximum absolute atomic E-state index is 5.95. The minimum absolute atomic E-state index is 0.511. The molecule has 0 aliphatic rings. The van der Waals surface area contributed by atoms with Gasteiger partial charge in [0, 0.05) is 17.7 Å². The Morgan fingerprint density at radius 2 is 1.62 bits per heavy atom. The highest BCUT2D eigenvalue weighted by Gasteiger charge is 2.05. The second kappa shape index (κ2) is 7.66. The van der Waals surface area contributed by atoms with Crippen molar-refractivity contribution < 1.29 is 9.47 Å². The van der Waals surface area contributed by atoms with E-state index in [1.54, 1.807) is 7.11 Å². The number of halogens is 1. The first-order valence-electron chi connectivity index (χ1n) is 7.64. The van der Waals surface area contributed by atoms with Crippen LogP contribution in [0.1, 0.15) is 11.1 Å². The van der Waals surface area contributed by atoms with Crippen molar-refractivity contribution in [3.63, 3.8) is 0 Å². The van der Waals surface area contributed by atoms with E-state index in [1.807, 2.05) is 36.4 Å². The van der Waals surface area contributed by atoms with Crippen LogP contribution in [-0.2, 0) is 6.61 Å². The summed E-state index contributed by atoms with van der Waals surface area (Å²) in [4.78, 5) is 4.60. The molecule has 2 aromatic carbocycles. The molecule has 0 aliphatic heterocycles. The Kier molecular flexibility index (Phi) is 5.35. The minimum atomic E-state index is 0.511. The number of rotatable bonds is 5. The van der Waals surface area contributed by atoms with Crippen molar-refractivity contribution in [1.82, 2.24) is 4.98 Å². The number of benzene rings is 2. The quantitative estimate of drug-likeness (QED) is 0.409. The minimum Gasteiger partial charge on any atom is -0.497 e. The Hall–Kier alpha value is -2.08. The molecule has 24 heavy (non-hydrogen) atoms. The van der Waals surface area contributed by atoms with E-state index >= 15 is 0 Å². The first-order chi connectivity index (χ1) is 11.6. The van der Waals surface area contributed by atoms with Gasteiger partial charge >= 0.3 is 0 Å². The van der Waals surface area contributed by atoms with E-state index < -0.39 is 0 Å². The third-order valence-electron chi connectivity index (χ3n) is 3.68. The van der Waals surface area contributed by atoms with Gasteiger partial charge in [-0.2, -0.15) is 0 Å². The van der Waals surface area contributed by atoms with Gasteiger partial charge in [-0.25, -0.2) is 4.98 Å². The summed E-state index contributed by atoms with van der Waals surface area (Å²) < 4.78 is 12.0. The van der Waals surface area contributed by atoms with Crippen molar-refractivity contribution in [2.45, 2.75) is 13.5 Å². The molecule has 4 heteroatoms. The number of pyridine rings is 1. The number of hydrogen-bond acceptors (Lipinski definition) is 3. The molecule has 0 N–H and O–H groups in total. The van der Waals surface area contributed by atoms with Crippen LogP contribution in [0.3, 0.4) is 0 Å². The number of ether oxygens (including phenoxy) is 2. The zero-order chi connectivity index (χ0) is 16.9. The molecular formula is C20H18INO2. The number of methoxy groups -OCH3 is 1. The second-order valence-corrected chi connectivity index (χ2v) is 6.62. The largest absolute Gasteiger partial charge is 0.497 e. The molecule has 0 unspecified atom stereocenters. The third kappa shape index (κ3) is 4.26. The molecule has 122 valence electrons. The van der Waals surface area contributed by atoms with Gasteiger partial charge in [-0.3, -0.25) is 0 Å². The lowest BCUT2D eigenvalue weighted by molar-refractivity contribution is 0.305. The van der Waals surface area contributed by atoms with E-state index in [-0.39, 0.29) is 0 Å². The molecule has 0 spiro atoms. The van der Waals surface area contributed by atoms with Crippen molar-refractivity contribution in [1.29, 1.82) is 0 Å². The first-order valence-corrected chi connectivity index (χ1v) is 8.72. The summed E-state index contributed by atoms with van der Waals surface area (Å²) in [5.74, 6) is 1.67. The molecule has 3 rings (SSSR count). The normalized spacial score (nSPS) is 10.5. The molecule has 0 saturated carbocycles. The van der Waals surface area contributed by atoms with Crippen LogP contribution in [0.2, 0.25) is 0 Å². The lowest BCUT2D eigenvalue weighted by Crippen LogP contribution is -1.97. The average molecular weight is 431 g/mol. The Bertz CT molecular complexity index is 814. The molecule has 0 aliphatic carbocycles. The molecule has 0 saturated heterocycles. The molecule has 0 amide bonds. The number of aromatic nitrogens is 1. The highest BCUT2D eigenvalue weighted by Crippen LogP contribution is 2.25. The van der Waals surface area contributed by atoms with Crippen molar-refractivity contribution >= 4 is 22.6 Å². The third-order valence-corrected chi connectivity index (χ3v) is 4.23. The predicted octanol–water partition coefficient (Wildman–Crippen LogP) is 5.25. The summed E-state index contributed by atoms with van der Waals surface area (Å²) in [6.45, 7) is 2.59. The zero-order valence-corrected chi connectivity index (χ0v) is 15.8. The van der Waals surface area contributed by atoms with Gasteiger partial charge in [0.15, 0.2) is 0 Å². The average Bonchev–Trinajstić information content (AvgIpc) is 2.60. The van der Waals surface area contributed by atoms with Gasteiger partial charge in [-0.05, 0) is 47.2 Å². The first kappa shape index (κ1) is 16.8. The Labute approximate surface area is 155 Å². The zero-order valence-electron chi connectivity index (χ0n) is 13.6. The summed E-state index contributed by atoms with van der Waals surface area (Å²) in [5.41, 5.74) is 4.35. The number of aryl methyl sites for hydroxylation is 1. The van der Waals surface area contributed by atoms with Gasteiger partial charge in [0.25, 0.3) is 0 Å². The lowest BCUT2D eigenvalue weighted by atomic mass is 10.1. The maximum Gasteiger partial charge on any atom is 0.124 e. The number of nitrogens with zero attached hydrogens (tertiary/aromatic N) is 1. The van der Waals surface area contributed by atoms with Crippen LogP contribution >= 0.6 is 22.6 Å². The standard InChI is InChI=1S/C20H18INO2/c1-14-3-7-16(8-4-14)19-11-18(12-20(21)22-19)24-13-15-5-9-17(23-2)10-6-15/h3-12H,13H2,1-2H3. The van der Waals surface area contributed by atoms with Gasteiger partial charge in [-0.1, -0.05) is 42.0 Å². The van der Waals surface area contributed by atoms with Crippen LogP contribution in [0, 0.1) is 10.6 Å². The van der Waals surface area contributed by atoms with E-state index in [1.165, 1.54) is 5.56 Å². The van der Waals surface area contributed by atoms with E-state index in [4.69, 9.17) is 9.47 Å². The topological polar surface area (TPSA) is 31.4 Å². The molecule has 0 radical (unpaired) electrons. The lowest BCUT2D eigenvalue weighted by Gasteiger charge is -2.10. The summed E-state index contributed by atoms with van der Waals surface area (Å²) in [7, 11) is 1.66. The van der Waals surface area contributed by atoms with Gasteiger partial charge in [0.05, 0.1) is 12.8 Å². The maximum atomic E-state index is 5.95. The highest BCUT2D eigenvalue weighted by atomic mass is 127. The molecular weight excluding hydrogens is 413 g/mol. The van der Waals surface area contributed by atoms with Crippen molar-refractivity contribution in [3.05, 3.63) is 75.5 Å². The van der Waals surface area contributed by atoms with Crippen LogP contribution in [0.25, 0.3) is 11.3 Å². The van der Waals surface area contributed by atoms with E-state index in [9.17, 15) is 0 Å². The molecule has 0 atom stereocenters. The number of hydrogen-bond donors (Lipinski definition) is 0. The van der Waals surface area contributed by atoms with Crippen LogP contribution in [-0.4, -0.2) is 12.1 Å². The summed E-state index contributed by atoms with van der Waals surface area (Å²) in [5, 5.41) is 0. The predicted molar refractivity (Wildman–Crippen MR) is 104 cm³/mol. The van der Waals surface area contributed by atoms with Crippen LogP contribution in [0.15, 0.2) is 60.7 Å². The van der Waals surface area contributed by atoms with E-state index in [0.717, 1.165) is 32.0 Å². The SMILES string of the molecule is COc1ccc(COc2cc(I)nc(-c3ccc(C)cc3)c2)cc1. The Balaban J connectivity index is 1.76. The highest BCUT2D eigenvalue weighted by molar-refractivity contribution is 14.1. The summed E-state index contributed by atoms with van der Waals surface area (Å²) in [6, 6.07) is 20.2. The van der Waals surface area contributed by atoms with Crippen LogP contribution in [0.4, 0.5) is 0 Å². The fourth-order valence-electron chi connectivity index (χ4n) is 2.32. The molecule has 3 nitrogen and oxygen atoms in total. The Morgan fingerprint density at radius 1 is 0.917 bits per heavy atom. The van der Waals surface area contributed by atoms with Gasteiger partial charge in [0.2, 0.25) is 0 Å². The van der Waals surface area contributed by atoms with E-state index in [2.05, 4.69) is 58.8 Å². The van der Waals surface area contributed by atoms with Crippen molar-refractivity contribution in [2.75, 3.05) is 7.11 Å². The van der Waals surface area contributed by atoms with Gasteiger partial charge < -0.3 is 9.47 Å². The summed E-state index contributed by atoms with van der Waals surface area (Å²) >= 11 is 2.22. The monoisotopic (exact) mass is 431 g/mol. The molecule has 1 aromatic heterocycles. The van der Waals surface area contributed by atoms with E-state index in [0.29, 0.717) is 6.61 Å².